The molecule has 20 heavy (non-hydrogen) atoms. The molecule has 0 amide bonds. The Morgan fingerprint density at radius 2 is 2.05 bits per heavy atom. The number of nitrogens with zero attached hydrogens (tertiary/aromatic N) is 2. The summed E-state index contributed by atoms with van der Waals surface area (Å²) in [5.74, 6) is 1.10. The first-order valence-corrected chi connectivity index (χ1v) is 7.00. The highest BCUT2D eigenvalue weighted by Gasteiger charge is 2.17. The van der Waals surface area contributed by atoms with Gasteiger partial charge in [0, 0.05) is 25.2 Å². The van der Waals surface area contributed by atoms with E-state index in [1.165, 1.54) is 5.56 Å². The minimum absolute atomic E-state index is 0.163. The third kappa shape index (κ3) is 2.85. The molecule has 2 rings (SSSR count). The van der Waals surface area contributed by atoms with Crippen LogP contribution in [-0.4, -0.2) is 22.9 Å². The van der Waals surface area contributed by atoms with E-state index in [9.17, 15) is 0 Å². The molecular formula is C16H23N3O. The lowest BCUT2D eigenvalue weighted by Gasteiger charge is -2.17. The van der Waals surface area contributed by atoms with Gasteiger partial charge in [0.2, 0.25) is 0 Å². The van der Waals surface area contributed by atoms with Gasteiger partial charge < -0.3 is 10.5 Å². The summed E-state index contributed by atoms with van der Waals surface area (Å²) in [5.41, 5.74) is 10.5. The normalized spacial score (nSPS) is 12.4. The van der Waals surface area contributed by atoms with E-state index in [2.05, 4.69) is 30.2 Å². The molecule has 0 saturated heterocycles. The van der Waals surface area contributed by atoms with Crippen molar-refractivity contribution in [2.24, 2.45) is 12.8 Å². The van der Waals surface area contributed by atoms with Crippen LogP contribution in [0, 0.1) is 13.8 Å². The van der Waals surface area contributed by atoms with Crippen molar-refractivity contribution < 1.29 is 4.74 Å². The van der Waals surface area contributed by atoms with Gasteiger partial charge in [-0.05, 0) is 44.0 Å². The van der Waals surface area contributed by atoms with Gasteiger partial charge in [0.05, 0.1) is 12.3 Å². The number of aryl methyl sites for hydroxylation is 3. The lowest BCUT2D eigenvalue weighted by atomic mass is 9.94. The van der Waals surface area contributed by atoms with Gasteiger partial charge in [-0.1, -0.05) is 12.1 Å². The van der Waals surface area contributed by atoms with Gasteiger partial charge in [-0.2, -0.15) is 5.10 Å². The molecule has 1 aromatic carbocycles. The Kier molecular flexibility index (Phi) is 4.45. The number of hydrogen-bond acceptors (Lipinski definition) is 3. The van der Waals surface area contributed by atoms with Crippen LogP contribution in [0.15, 0.2) is 24.3 Å². The minimum atomic E-state index is 0.163. The lowest BCUT2D eigenvalue weighted by molar-refractivity contribution is 0.337. The first-order valence-electron chi connectivity index (χ1n) is 7.00. The molecule has 4 nitrogen and oxygen atoms in total. The molecule has 0 radical (unpaired) electrons. The maximum Gasteiger partial charge on any atom is 0.122 e. The smallest absolute Gasteiger partial charge is 0.122 e. The molecule has 0 aliphatic rings. The Labute approximate surface area is 120 Å². The molecule has 1 unspecified atom stereocenters. The summed E-state index contributed by atoms with van der Waals surface area (Å²) in [6.07, 6.45) is 0. The van der Waals surface area contributed by atoms with Gasteiger partial charge in [-0.3, -0.25) is 4.68 Å². The summed E-state index contributed by atoms with van der Waals surface area (Å²) >= 11 is 0. The molecular weight excluding hydrogens is 250 g/mol. The van der Waals surface area contributed by atoms with E-state index in [-0.39, 0.29) is 5.92 Å². The summed E-state index contributed by atoms with van der Waals surface area (Å²) in [7, 11) is 1.96. The van der Waals surface area contributed by atoms with Gasteiger partial charge in [-0.15, -0.1) is 0 Å². The summed E-state index contributed by atoms with van der Waals surface area (Å²) in [5, 5.41) is 4.41. The number of benzene rings is 1. The maximum absolute atomic E-state index is 5.99. The van der Waals surface area contributed by atoms with Crippen LogP contribution in [0.4, 0.5) is 0 Å². The summed E-state index contributed by atoms with van der Waals surface area (Å²) < 4.78 is 7.51. The van der Waals surface area contributed by atoms with Crippen molar-refractivity contribution in [2.75, 3.05) is 13.2 Å². The van der Waals surface area contributed by atoms with E-state index < -0.39 is 0 Å². The first kappa shape index (κ1) is 14.6. The second-order valence-corrected chi connectivity index (χ2v) is 5.08. The predicted octanol–water partition coefficient (Wildman–Crippen LogP) is 2.53. The van der Waals surface area contributed by atoms with E-state index in [4.69, 9.17) is 10.5 Å². The maximum atomic E-state index is 5.99. The molecule has 0 saturated carbocycles. The Hall–Kier alpha value is -1.81. The predicted molar refractivity (Wildman–Crippen MR) is 81.2 cm³/mol. The van der Waals surface area contributed by atoms with E-state index in [1.807, 2.05) is 31.6 Å². The minimum Gasteiger partial charge on any atom is -0.494 e. The Bertz CT molecular complexity index is 589. The lowest BCUT2D eigenvalue weighted by Crippen LogP contribution is -2.17. The highest BCUT2D eigenvalue weighted by atomic mass is 16.5. The first-order chi connectivity index (χ1) is 9.56. The average molecular weight is 273 g/mol. The summed E-state index contributed by atoms with van der Waals surface area (Å²) in [4.78, 5) is 0. The Morgan fingerprint density at radius 1 is 1.30 bits per heavy atom. The SMILES string of the molecule is CCOc1ccc(C(CN)c2cc(C)nn2C)cc1C. The van der Waals surface area contributed by atoms with Gasteiger partial charge in [0.1, 0.15) is 5.75 Å². The zero-order chi connectivity index (χ0) is 14.7. The number of nitrogens with two attached hydrogens (primary N) is 1. The van der Waals surface area contributed by atoms with Crippen LogP contribution in [0.25, 0.3) is 0 Å². The van der Waals surface area contributed by atoms with Crippen LogP contribution in [0.5, 0.6) is 5.75 Å². The number of hydrogen-bond donors (Lipinski definition) is 1. The van der Waals surface area contributed by atoms with Crippen LogP contribution in [-0.2, 0) is 7.05 Å². The zero-order valence-electron chi connectivity index (χ0n) is 12.7. The van der Waals surface area contributed by atoms with Gasteiger partial charge in [0.25, 0.3) is 0 Å². The topological polar surface area (TPSA) is 53.1 Å². The second kappa shape index (κ2) is 6.09. The van der Waals surface area contributed by atoms with Crippen molar-refractivity contribution in [1.82, 2.24) is 9.78 Å². The zero-order valence-corrected chi connectivity index (χ0v) is 12.7. The molecule has 4 heteroatoms. The second-order valence-electron chi connectivity index (χ2n) is 5.08. The number of aromatic nitrogens is 2. The van der Waals surface area contributed by atoms with Crippen LogP contribution >= 0.6 is 0 Å². The molecule has 2 aromatic rings. The highest BCUT2D eigenvalue weighted by Crippen LogP contribution is 2.28. The van der Waals surface area contributed by atoms with E-state index in [0.717, 1.165) is 22.7 Å². The fourth-order valence-electron chi connectivity index (χ4n) is 2.59. The van der Waals surface area contributed by atoms with Crippen molar-refractivity contribution in [3.63, 3.8) is 0 Å². The van der Waals surface area contributed by atoms with Gasteiger partial charge >= 0.3 is 0 Å². The molecule has 108 valence electrons. The van der Waals surface area contributed by atoms with Crippen LogP contribution in [0.1, 0.15) is 35.4 Å². The molecule has 1 aromatic heterocycles. The highest BCUT2D eigenvalue weighted by molar-refractivity contribution is 5.40. The third-order valence-corrected chi connectivity index (χ3v) is 3.53. The molecule has 1 atom stereocenters. The molecule has 0 bridgehead atoms. The van der Waals surface area contributed by atoms with Crippen LogP contribution in [0.3, 0.4) is 0 Å². The fourth-order valence-corrected chi connectivity index (χ4v) is 2.59. The van der Waals surface area contributed by atoms with E-state index in [1.54, 1.807) is 0 Å². The monoisotopic (exact) mass is 273 g/mol. The summed E-state index contributed by atoms with van der Waals surface area (Å²) in [6, 6.07) is 8.38. The Balaban J connectivity index is 2.37. The summed E-state index contributed by atoms with van der Waals surface area (Å²) in [6.45, 7) is 7.30. The fraction of sp³-hybridized carbons (Fsp3) is 0.438. The molecule has 0 aliphatic carbocycles. The van der Waals surface area contributed by atoms with Crippen LogP contribution < -0.4 is 10.5 Å². The molecule has 0 spiro atoms. The quantitative estimate of drug-likeness (QED) is 0.910. The van der Waals surface area contributed by atoms with E-state index >= 15 is 0 Å². The molecule has 0 aliphatic heterocycles. The Morgan fingerprint density at radius 3 is 2.55 bits per heavy atom. The van der Waals surface area contributed by atoms with Crippen molar-refractivity contribution >= 4 is 0 Å². The molecule has 0 fully saturated rings. The third-order valence-electron chi connectivity index (χ3n) is 3.53. The standard InChI is InChI=1S/C16H23N3O/c1-5-20-16-7-6-13(8-11(16)2)14(10-17)15-9-12(3)18-19(15)4/h6-9,14H,5,10,17H2,1-4H3. The number of ether oxygens (including phenoxy) is 1. The van der Waals surface area contributed by atoms with Crippen molar-refractivity contribution in [2.45, 2.75) is 26.7 Å². The largest absolute Gasteiger partial charge is 0.494 e. The van der Waals surface area contributed by atoms with E-state index in [0.29, 0.717) is 13.2 Å². The van der Waals surface area contributed by atoms with Gasteiger partial charge in [0.15, 0.2) is 0 Å². The van der Waals surface area contributed by atoms with Crippen molar-refractivity contribution in [3.05, 3.63) is 46.8 Å². The van der Waals surface area contributed by atoms with Gasteiger partial charge in [-0.25, -0.2) is 0 Å². The number of rotatable bonds is 5. The molecule has 1 heterocycles. The van der Waals surface area contributed by atoms with Crippen LogP contribution in [0.2, 0.25) is 0 Å². The van der Waals surface area contributed by atoms with Crippen molar-refractivity contribution in [1.29, 1.82) is 0 Å². The molecule has 2 N–H and O–H groups in total. The average Bonchev–Trinajstić information content (AvgIpc) is 2.73. The van der Waals surface area contributed by atoms with Crippen molar-refractivity contribution in [3.8, 4) is 5.75 Å².